The van der Waals surface area contributed by atoms with Crippen molar-refractivity contribution in [2.45, 2.75) is 13.5 Å². The Labute approximate surface area is 161 Å². The van der Waals surface area contributed by atoms with E-state index in [1.807, 2.05) is 36.4 Å². The van der Waals surface area contributed by atoms with Crippen LogP contribution in [0.3, 0.4) is 0 Å². The van der Waals surface area contributed by atoms with Crippen LogP contribution in [-0.4, -0.2) is 22.3 Å². The fourth-order valence-corrected chi connectivity index (χ4v) is 3.81. The molecule has 1 aromatic heterocycles. The van der Waals surface area contributed by atoms with Crippen molar-refractivity contribution < 1.29 is 14.3 Å². The summed E-state index contributed by atoms with van der Waals surface area (Å²) in [4.78, 5) is 23.2. The van der Waals surface area contributed by atoms with E-state index in [9.17, 15) is 9.59 Å². The number of thioether (sulfide) groups is 1. The van der Waals surface area contributed by atoms with Crippen LogP contribution in [0.25, 0.3) is 17.0 Å². The second kappa shape index (κ2) is 7.32. The van der Waals surface area contributed by atoms with Gasteiger partial charge in [-0.05, 0) is 60.0 Å². The third-order valence-electron chi connectivity index (χ3n) is 4.42. The molecule has 0 saturated carbocycles. The lowest BCUT2D eigenvalue weighted by Gasteiger charge is -2.10. The molecule has 2 amide bonds. The second-order valence-corrected chi connectivity index (χ2v) is 7.28. The molecule has 0 spiro atoms. The van der Waals surface area contributed by atoms with Crippen LogP contribution in [0.15, 0.2) is 59.5 Å². The number of amides is 2. The van der Waals surface area contributed by atoms with Crippen LogP contribution in [0.2, 0.25) is 0 Å². The fraction of sp³-hybridized carbons (Fsp3) is 0.143. The van der Waals surface area contributed by atoms with Gasteiger partial charge in [-0.25, -0.2) is 0 Å². The number of hydrogen-bond donors (Lipinski definition) is 1. The molecule has 1 fully saturated rings. The van der Waals surface area contributed by atoms with Crippen molar-refractivity contribution in [3.63, 3.8) is 0 Å². The zero-order valence-electron chi connectivity index (χ0n) is 14.8. The molecule has 27 heavy (non-hydrogen) atoms. The zero-order valence-corrected chi connectivity index (χ0v) is 15.6. The van der Waals surface area contributed by atoms with Gasteiger partial charge in [-0.3, -0.25) is 14.9 Å². The van der Waals surface area contributed by atoms with E-state index in [-0.39, 0.29) is 11.1 Å². The summed E-state index contributed by atoms with van der Waals surface area (Å²) in [6.45, 7) is 3.43. The number of benzene rings is 2. The van der Waals surface area contributed by atoms with Gasteiger partial charge in [0.15, 0.2) is 0 Å². The Morgan fingerprint density at radius 3 is 2.63 bits per heavy atom. The molecule has 0 radical (unpaired) electrons. The highest BCUT2D eigenvalue weighted by atomic mass is 32.2. The summed E-state index contributed by atoms with van der Waals surface area (Å²) in [5, 5.41) is 3.15. The van der Waals surface area contributed by atoms with Gasteiger partial charge in [0.2, 0.25) is 0 Å². The Morgan fingerprint density at radius 1 is 1.11 bits per heavy atom. The van der Waals surface area contributed by atoms with Gasteiger partial charge in [-0.1, -0.05) is 30.3 Å². The van der Waals surface area contributed by atoms with E-state index < -0.39 is 0 Å². The van der Waals surface area contributed by atoms with Crippen molar-refractivity contribution in [2.24, 2.45) is 0 Å². The number of para-hydroxylation sites is 1. The molecule has 2 aromatic carbocycles. The van der Waals surface area contributed by atoms with Crippen LogP contribution in [0, 0.1) is 6.92 Å². The van der Waals surface area contributed by atoms with E-state index >= 15 is 0 Å². The van der Waals surface area contributed by atoms with Gasteiger partial charge in [0.05, 0.1) is 11.4 Å². The summed E-state index contributed by atoms with van der Waals surface area (Å²) in [6.07, 6.45) is 1.70. The number of nitrogens with one attached hydrogen (secondary N) is 1. The first-order chi connectivity index (χ1) is 13.1. The predicted octanol–water partition coefficient (Wildman–Crippen LogP) is 4.35. The average Bonchev–Trinajstić information content (AvgIpc) is 3.14. The topological polar surface area (TPSA) is 60.3 Å². The Morgan fingerprint density at radius 2 is 1.89 bits per heavy atom. The Balaban J connectivity index is 1.39. The molecule has 3 aromatic rings. The molecular formula is C21H18N2O3S. The van der Waals surface area contributed by atoms with Crippen molar-refractivity contribution in [3.05, 3.63) is 70.8 Å². The fourth-order valence-electron chi connectivity index (χ4n) is 3.13. The Hall–Kier alpha value is -2.99. The van der Waals surface area contributed by atoms with Crippen molar-refractivity contribution in [1.82, 2.24) is 9.88 Å². The molecule has 0 bridgehead atoms. The van der Waals surface area contributed by atoms with E-state index in [0.29, 0.717) is 11.5 Å². The standard InChI is InChI=1S/C21H18N2O3S/c1-14-12-16-4-2-3-5-18(16)23(14)10-11-26-17-8-6-15(7-9-17)13-19-20(24)22-21(25)27-19/h2-9,12-13H,10-11H2,1H3,(H,22,24,25)/b19-13+. The van der Waals surface area contributed by atoms with Crippen LogP contribution >= 0.6 is 11.8 Å². The van der Waals surface area contributed by atoms with Gasteiger partial charge < -0.3 is 9.30 Å². The molecule has 5 nitrogen and oxygen atoms in total. The van der Waals surface area contributed by atoms with Crippen LogP contribution in [-0.2, 0) is 11.3 Å². The quantitative estimate of drug-likeness (QED) is 0.671. The van der Waals surface area contributed by atoms with E-state index in [1.165, 1.54) is 16.6 Å². The number of rotatable bonds is 5. The Bertz CT molecular complexity index is 1050. The largest absolute Gasteiger partial charge is 0.492 e. The molecule has 6 heteroatoms. The highest BCUT2D eigenvalue weighted by Gasteiger charge is 2.24. The van der Waals surface area contributed by atoms with Gasteiger partial charge in [-0.15, -0.1) is 0 Å². The SMILES string of the molecule is Cc1cc2ccccc2n1CCOc1ccc(/C=C2/SC(=O)NC2=O)cc1. The molecule has 4 rings (SSSR count). The first-order valence-corrected chi connectivity index (χ1v) is 9.44. The van der Waals surface area contributed by atoms with Crippen molar-refractivity contribution in [2.75, 3.05) is 6.61 Å². The lowest BCUT2D eigenvalue weighted by atomic mass is 10.2. The van der Waals surface area contributed by atoms with Crippen LogP contribution in [0.1, 0.15) is 11.3 Å². The number of fused-ring (bicyclic) bond motifs is 1. The Kier molecular flexibility index (Phi) is 4.73. The number of carbonyl (C=O) groups excluding carboxylic acids is 2. The van der Waals surface area contributed by atoms with E-state index in [2.05, 4.69) is 35.0 Å². The molecule has 0 aliphatic carbocycles. The number of imide groups is 1. The maximum atomic E-state index is 11.6. The van der Waals surface area contributed by atoms with Gasteiger partial charge in [-0.2, -0.15) is 0 Å². The molecule has 1 aliphatic rings. The summed E-state index contributed by atoms with van der Waals surface area (Å²) in [5.41, 5.74) is 3.27. The predicted molar refractivity (Wildman–Crippen MR) is 108 cm³/mol. The normalized spacial score (nSPS) is 15.5. The third kappa shape index (κ3) is 3.75. The number of carbonyl (C=O) groups is 2. The molecule has 1 saturated heterocycles. The molecule has 0 unspecified atom stereocenters. The number of aromatic nitrogens is 1. The first kappa shape index (κ1) is 17.4. The van der Waals surface area contributed by atoms with Gasteiger partial charge >= 0.3 is 0 Å². The van der Waals surface area contributed by atoms with Crippen molar-refractivity contribution in [1.29, 1.82) is 0 Å². The van der Waals surface area contributed by atoms with Crippen molar-refractivity contribution >= 4 is 39.9 Å². The molecule has 0 atom stereocenters. The molecular weight excluding hydrogens is 360 g/mol. The molecule has 1 aliphatic heterocycles. The monoisotopic (exact) mass is 378 g/mol. The summed E-state index contributed by atoms with van der Waals surface area (Å²) in [5.74, 6) is 0.422. The van der Waals surface area contributed by atoms with Crippen LogP contribution in [0.4, 0.5) is 4.79 Å². The summed E-state index contributed by atoms with van der Waals surface area (Å²) >= 11 is 0.915. The number of aryl methyl sites for hydroxylation is 1. The minimum absolute atomic E-state index is 0.334. The molecule has 1 N–H and O–H groups in total. The maximum absolute atomic E-state index is 11.6. The minimum Gasteiger partial charge on any atom is -0.492 e. The van der Waals surface area contributed by atoms with Gasteiger partial charge in [0.25, 0.3) is 11.1 Å². The van der Waals surface area contributed by atoms with Crippen LogP contribution < -0.4 is 10.1 Å². The highest BCUT2D eigenvalue weighted by Crippen LogP contribution is 2.26. The summed E-state index contributed by atoms with van der Waals surface area (Å²) < 4.78 is 8.12. The highest BCUT2D eigenvalue weighted by molar-refractivity contribution is 8.18. The third-order valence-corrected chi connectivity index (χ3v) is 5.23. The first-order valence-electron chi connectivity index (χ1n) is 8.63. The lowest BCUT2D eigenvalue weighted by Crippen LogP contribution is -2.17. The van der Waals surface area contributed by atoms with E-state index in [1.54, 1.807) is 6.08 Å². The van der Waals surface area contributed by atoms with E-state index in [0.717, 1.165) is 29.6 Å². The van der Waals surface area contributed by atoms with Gasteiger partial charge in [0, 0.05) is 11.2 Å². The summed E-state index contributed by atoms with van der Waals surface area (Å²) in [6, 6.07) is 18.0. The number of hydrogen-bond acceptors (Lipinski definition) is 4. The number of nitrogens with zero attached hydrogens (tertiary/aromatic N) is 1. The van der Waals surface area contributed by atoms with Crippen LogP contribution in [0.5, 0.6) is 5.75 Å². The maximum Gasteiger partial charge on any atom is 0.290 e. The second-order valence-electron chi connectivity index (χ2n) is 6.27. The molecule has 2 heterocycles. The number of ether oxygens (including phenoxy) is 1. The van der Waals surface area contributed by atoms with Crippen molar-refractivity contribution in [3.8, 4) is 5.75 Å². The smallest absolute Gasteiger partial charge is 0.290 e. The zero-order chi connectivity index (χ0) is 18.8. The van der Waals surface area contributed by atoms with E-state index in [4.69, 9.17) is 4.74 Å². The van der Waals surface area contributed by atoms with Gasteiger partial charge in [0.1, 0.15) is 12.4 Å². The minimum atomic E-state index is -0.348. The summed E-state index contributed by atoms with van der Waals surface area (Å²) in [7, 11) is 0. The average molecular weight is 378 g/mol. The molecule has 136 valence electrons. The lowest BCUT2D eigenvalue weighted by molar-refractivity contribution is -0.115.